The maximum Gasteiger partial charge on any atom is 0.266 e. The van der Waals surface area contributed by atoms with Crippen LogP contribution in [-0.2, 0) is 16.0 Å². The summed E-state index contributed by atoms with van der Waals surface area (Å²) in [5.74, 6) is 0.121. The van der Waals surface area contributed by atoms with Gasteiger partial charge in [0.15, 0.2) is 11.5 Å². The van der Waals surface area contributed by atoms with Gasteiger partial charge in [0.2, 0.25) is 5.91 Å². The van der Waals surface area contributed by atoms with Crippen molar-refractivity contribution in [1.29, 1.82) is 0 Å². The number of phenolic OH excluding ortho intramolecular Hbond substituents is 2. The van der Waals surface area contributed by atoms with Crippen molar-refractivity contribution in [1.82, 2.24) is 10.2 Å². The Morgan fingerprint density at radius 1 is 1.19 bits per heavy atom. The van der Waals surface area contributed by atoms with Crippen LogP contribution in [0.15, 0.2) is 47.4 Å². The van der Waals surface area contributed by atoms with Crippen LogP contribution in [0.4, 0.5) is 0 Å². The van der Waals surface area contributed by atoms with E-state index < -0.39 is 0 Å². The van der Waals surface area contributed by atoms with E-state index in [2.05, 4.69) is 5.32 Å². The number of methoxy groups -OCH3 is 1. The van der Waals surface area contributed by atoms with Gasteiger partial charge in [-0.25, -0.2) is 0 Å². The van der Waals surface area contributed by atoms with Crippen LogP contribution < -0.4 is 10.1 Å². The largest absolute Gasteiger partial charge is 0.504 e. The van der Waals surface area contributed by atoms with E-state index in [1.807, 2.05) is 24.3 Å². The van der Waals surface area contributed by atoms with E-state index in [1.54, 1.807) is 19.3 Å². The molecule has 0 unspecified atom stereocenters. The van der Waals surface area contributed by atoms with Gasteiger partial charge in [0, 0.05) is 19.5 Å². The second kappa shape index (κ2) is 11.0. The molecule has 0 aromatic heterocycles. The number of aromatic hydroxyl groups is 2. The Hall–Kier alpha value is -3.04. The van der Waals surface area contributed by atoms with E-state index in [9.17, 15) is 19.8 Å². The highest BCUT2D eigenvalue weighted by Crippen LogP contribution is 2.33. The Balaban J connectivity index is 1.43. The number of amides is 2. The molecule has 2 aromatic rings. The lowest BCUT2D eigenvalue weighted by Crippen LogP contribution is -2.31. The van der Waals surface area contributed by atoms with E-state index in [0.29, 0.717) is 35.2 Å². The van der Waals surface area contributed by atoms with Crippen molar-refractivity contribution in [3.05, 3.63) is 58.5 Å². The lowest BCUT2D eigenvalue weighted by atomic mass is 10.1. The predicted octanol–water partition coefficient (Wildman–Crippen LogP) is 3.45. The topological polar surface area (TPSA) is 99.1 Å². The van der Waals surface area contributed by atoms with Crippen LogP contribution in [-0.4, -0.2) is 51.4 Å². The fourth-order valence-corrected chi connectivity index (χ4v) is 4.41. The molecule has 2 amide bonds. The number of nitrogens with one attached hydrogen (secondary N) is 1. The normalized spacial score (nSPS) is 14.8. The van der Waals surface area contributed by atoms with Gasteiger partial charge in [-0.05, 0) is 54.3 Å². The lowest BCUT2D eigenvalue weighted by Gasteiger charge is -2.14. The molecule has 9 heteroatoms. The van der Waals surface area contributed by atoms with Crippen LogP contribution in [0, 0.1) is 0 Å². The van der Waals surface area contributed by atoms with Gasteiger partial charge in [0.05, 0.1) is 12.0 Å². The van der Waals surface area contributed by atoms with Crippen molar-refractivity contribution in [2.24, 2.45) is 0 Å². The molecular formula is C23H24N2O5S2. The van der Waals surface area contributed by atoms with Gasteiger partial charge in [-0.1, -0.05) is 42.2 Å². The van der Waals surface area contributed by atoms with Crippen molar-refractivity contribution in [2.75, 3.05) is 20.2 Å². The summed E-state index contributed by atoms with van der Waals surface area (Å²) < 4.78 is 5.63. The van der Waals surface area contributed by atoms with E-state index in [4.69, 9.17) is 17.0 Å². The Labute approximate surface area is 196 Å². The average molecular weight is 473 g/mol. The van der Waals surface area contributed by atoms with E-state index in [1.165, 1.54) is 28.8 Å². The van der Waals surface area contributed by atoms with E-state index in [0.717, 1.165) is 16.9 Å². The molecule has 0 spiro atoms. The Morgan fingerprint density at radius 2 is 1.94 bits per heavy atom. The standard InChI is InChI=1S/C23H24N2O5S2/c1-30-17-7-4-15(5-8-17)14-20-22(29)25(23(31)32-20)12-2-3-21(28)24-11-10-16-6-9-18(26)19(27)13-16/h4-9,13-14,26-27H,2-3,10-12H2,1H3,(H,24,28)/b20-14-. The zero-order valence-corrected chi connectivity index (χ0v) is 19.2. The number of benzene rings is 2. The van der Waals surface area contributed by atoms with Gasteiger partial charge in [-0.2, -0.15) is 0 Å². The summed E-state index contributed by atoms with van der Waals surface area (Å²) in [5.41, 5.74) is 1.69. The van der Waals surface area contributed by atoms with Crippen LogP contribution in [0.25, 0.3) is 6.08 Å². The molecule has 168 valence electrons. The van der Waals surface area contributed by atoms with Gasteiger partial charge in [-0.3, -0.25) is 14.5 Å². The molecule has 32 heavy (non-hydrogen) atoms. The van der Waals surface area contributed by atoms with Gasteiger partial charge < -0.3 is 20.3 Å². The predicted molar refractivity (Wildman–Crippen MR) is 129 cm³/mol. The first-order valence-corrected chi connectivity index (χ1v) is 11.3. The first-order valence-electron chi connectivity index (χ1n) is 10.0. The summed E-state index contributed by atoms with van der Waals surface area (Å²) in [6, 6.07) is 12.0. The van der Waals surface area contributed by atoms with Crippen LogP contribution in [0.2, 0.25) is 0 Å². The monoisotopic (exact) mass is 472 g/mol. The molecule has 3 rings (SSSR count). The Bertz CT molecular complexity index is 1040. The van der Waals surface area contributed by atoms with Gasteiger partial charge in [0.1, 0.15) is 10.1 Å². The van der Waals surface area contributed by atoms with Crippen LogP contribution in [0.1, 0.15) is 24.0 Å². The minimum Gasteiger partial charge on any atom is -0.504 e. The van der Waals surface area contributed by atoms with Crippen molar-refractivity contribution in [2.45, 2.75) is 19.3 Å². The third kappa shape index (κ3) is 6.24. The molecule has 2 aromatic carbocycles. The highest BCUT2D eigenvalue weighted by molar-refractivity contribution is 8.26. The third-order valence-corrected chi connectivity index (χ3v) is 6.23. The third-order valence-electron chi connectivity index (χ3n) is 4.85. The molecule has 0 radical (unpaired) electrons. The van der Waals surface area contributed by atoms with Gasteiger partial charge in [-0.15, -0.1) is 0 Å². The number of phenols is 2. The molecule has 1 heterocycles. The summed E-state index contributed by atoms with van der Waals surface area (Å²) in [5, 5.41) is 21.6. The second-order valence-corrected chi connectivity index (χ2v) is 8.81. The number of ether oxygens (including phenoxy) is 1. The number of hydrogen-bond acceptors (Lipinski definition) is 7. The summed E-state index contributed by atoms with van der Waals surface area (Å²) in [6.07, 6.45) is 3.10. The van der Waals surface area contributed by atoms with Crippen molar-refractivity contribution >= 4 is 46.2 Å². The second-order valence-electron chi connectivity index (χ2n) is 7.13. The molecular weight excluding hydrogens is 448 g/mol. The molecule has 0 atom stereocenters. The van der Waals surface area contributed by atoms with Crippen LogP contribution in [0.3, 0.4) is 0 Å². The number of hydrogen-bond donors (Lipinski definition) is 3. The number of rotatable bonds is 9. The van der Waals surface area contributed by atoms with Gasteiger partial charge >= 0.3 is 0 Å². The average Bonchev–Trinajstić information content (AvgIpc) is 3.04. The minimum absolute atomic E-state index is 0.118. The molecule has 1 fully saturated rings. The molecule has 7 nitrogen and oxygen atoms in total. The summed E-state index contributed by atoms with van der Waals surface area (Å²) in [7, 11) is 1.60. The number of carbonyl (C=O) groups is 2. The lowest BCUT2D eigenvalue weighted by molar-refractivity contribution is -0.123. The number of thioether (sulfide) groups is 1. The zero-order valence-electron chi connectivity index (χ0n) is 17.5. The van der Waals surface area contributed by atoms with Crippen molar-refractivity contribution in [3.8, 4) is 17.2 Å². The molecule has 0 aliphatic carbocycles. The van der Waals surface area contributed by atoms with E-state index in [-0.39, 0.29) is 29.7 Å². The quantitative estimate of drug-likeness (QED) is 0.292. The summed E-state index contributed by atoms with van der Waals surface area (Å²) in [4.78, 5) is 26.9. The molecule has 1 aliphatic heterocycles. The Kier molecular flexibility index (Phi) is 8.13. The summed E-state index contributed by atoms with van der Waals surface area (Å²) >= 11 is 6.60. The van der Waals surface area contributed by atoms with Crippen molar-refractivity contribution in [3.63, 3.8) is 0 Å². The van der Waals surface area contributed by atoms with Crippen LogP contribution >= 0.6 is 24.0 Å². The zero-order chi connectivity index (χ0) is 23.1. The van der Waals surface area contributed by atoms with E-state index >= 15 is 0 Å². The fraction of sp³-hybridized carbons (Fsp3) is 0.261. The first kappa shape index (κ1) is 23.6. The fourth-order valence-electron chi connectivity index (χ4n) is 3.10. The Morgan fingerprint density at radius 3 is 2.62 bits per heavy atom. The molecule has 1 saturated heterocycles. The van der Waals surface area contributed by atoms with Crippen LogP contribution in [0.5, 0.6) is 17.2 Å². The van der Waals surface area contributed by atoms with Gasteiger partial charge in [0.25, 0.3) is 5.91 Å². The molecule has 1 aliphatic rings. The first-order chi connectivity index (χ1) is 15.4. The minimum atomic E-state index is -0.182. The highest BCUT2D eigenvalue weighted by atomic mass is 32.2. The number of nitrogens with zero attached hydrogens (tertiary/aromatic N) is 1. The molecule has 0 saturated carbocycles. The van der Waals surface area contributed by atoms with Crippen molar-refractivity contribution < 1.29 is 24.5 Å². The number of thiocarbonyl (C=S) groups is 1. The maximum absolute atomic E-state index is 12.7. The highest BCUT2D eigenvalue weighted by Gasteiger charge is 2.31. The summed E-state index contributed by atoms with van der Waals surface area (Å²) in [6.45, 7) is 0.790. The maximum atomic E-state index is 12.7. The molecule has 0 bridgehead atoms. The molecule has 3 N–H and O–H groups in total. The number of carbonyl (C=O) groups excluding carboxylic acids is 2. The SMILES string of the molecule is COc1ccc(/C=C2\SC(=S)N(CCCC(=O)NCCc3ccc(O)c(O)c3)C2=O)cc1. The smallest absolute Gasteiger partial charge is 0.266 e.